The second kappa shape index (κ2) is 6.47. The number of ether oxygens (including phenoxy) is 1. The summed E-state index contributed by atoms with van der Waals surface area (Å²) in [5, 5.41) is 3.43. The van der Waals surface area contributed by atoms with Crippen LogP contribution < -0.4 is 10.1 Å². The Morgan fingerprint density at radius 1 is 0.950 bits per heavy atom. The van der Waals surface area contributed by atoms with Crippen molar-refractivity contribution in [3.63, 3.8) is 0 Å². The molecule has 0 amide bonds. The number of aryl methyl sites for hydroxylation is 3. The molecule has 0 spiro atoms. The SMILES string of the molecule is Cc1ccc(C)c(OCCNc2cccc(C)c2C)c1. The van der Waals surface area contributed by atoms with Crippen LogP contribution in [0.1, 0.15) is 22.3 Å². The molecule has 0 bridgehead atoms. The molecule has 0 unspecified atom stereocenters. The summed E-state index contributed by atoms with van der Waals surface area (Å²) < 4.78 is 5.85. The third-order valence-corrected chi connectivity index (χ3v) is 3.62. The summed E-state index contributed by atoms with van der Waals surface area (Å²) in [6, 6.07) is 12.6. The Hall–Kier alpha value is -1.96. The fraction of sp³-hybridized carbons (Fsp3) is 0.333. The van der Waals surface area contributed by atoms with Gasteiger partial charge in [-0.1, -0.05) is 24.3 Å². The number of benzene rings is 2. The van der Waals surface area contributed by atoms with E-state index in [1.54, 1.807) is 0 Å². The van der Waals surface area contributed by atoms with E-state index in [1.807, 2.05) is 0 Å². The van der Waals surface area contributed by atoms with E-state index in [-0.39, 0.29) is 0 Å². The number of hydrogen-bond acceptors (Lipinski definition) is 2. The van der Waals surface area contributed by atoms with Gasteiger partial charge in [-0.25, -0.2) is 0 Å². The lowest BCUT2D eigenvalue weighted by molar-refractivity contribution is 0.330. The Kier molecular flexibility index (Phi) is 4.67. The van der Waals surface area contributed by atoms with E-state index < -0.39 is 0 Å². The third kappa shape index (κ3) is 3.53. The predicted octanol–water partition coefficient (Wildman–Crippen LogP) is 4.41. The van der Waals surface area contributed by atoms with E-state index in [4.69, 9.17) is 4.74 Å². The maximum Gasteiger partial charge on any atom is 0.122 e. The number of nitrogens with one attached hydrogen (secondary N) is 1. The van der Waals surface area contributed by atoms with Gasteiger partial charge in [-0.15, -0.1) is 0 Å². The lowest BCUT2D eigenvalue weighted by Crippen LogP contribution is -2.12. The fourth-order valence-electron chi connectivity index (χ4n) is 2.15. The first-order valence-corrected chi connectivity index (χ1v) is 7.08. The molecular formula is C18H23NO. The van der Waals surface area contributed by atoms with E-state index in [9.17, 15) is 0 Å². The van der Waals surface area contributed by atoms with Crippen molar-refractivity contribution in [1.29, 1.82) is 0 Å². The highest BCUT2D eigenvalue weighted by Gasteiger charge is 2.01. The maximum atomic E-state index is 5.85. The molecule has 1 N–H and O–H groups in total. The monoisotopic (exact) mass is 269 g/mol. The van der Waals surface area contributed by atoms with Crippen molar-refractivity contribution in [2.75, 3.05) is 18.5 Å². The fourth-order valence-corrected chi connectivity index (χ4v) is 2.15. The van der Waals surface area contributed by atoms with Crippen molar-refractivity contribution in [2.24, 2.45) is 0 Å². The normalized spacial score (nSPS) is 10.4. The van der Waals surface area contributed by atoms with Crippen molar-refractivity contribution < 1.29 is 4.74 Å². The van der Waals surface area contributed by atoms with Gasteiger partial charge in [0.1, 0.15) is 12.4 Å². The molecule has 2 heteroatoms. The molecule has 2 aromatic rings. The topological polar surface area (TPSA) is 21.3 Å². The van der Waals surface area contributed by atoms with Crippen LogP contribution in [0, 0.1) is 27.7 Å². The van der Waals surface area contributed by atoms with Gasteiger partial charge in [0.2, 0.25) is 0 Å². The zero-order chi connectivity index (χ0) is 14.5. The predicted molar refractivity (Wildman–Crippen MR) is 85.8 cm³/mol. The summed E-state index contributed by atoms with van der Waals surface area (Å²) in [5.74, 6) is 0.979. The van der Waals surface area contributed by atoms with Crippen LogP contribution in [0.5, 0.6) is 5.75 Å². The average molecular weight is 269 g/mol. The van der Waals surface area contributed by atoms with E-state index in [0.29, 0.717) is 6.61 Å². The summed E-state index contributed by atoms with van der Waals surface area (Å²) in [6.07, 6.45) is 0. The Morgan fingerprint density at radius 3 is 2.55 bits per heavy atom. The minimum atomic E-state index is 0.664. The molecular weight excluding hydrogens is 246 g/mol. The molecule has 0 aromatic heterocycles. The second-order valence-electron chi connectivity index (χ2n) is 5.29. The molecule has 106 valence electrons. The van der Waals surface area contributed by atoms with Gasteiger partial charge in [0.25, 0.3) is 0 Å². The van der Waals surface area contributed by atoms with Crippen LogP contribution in [0.4, 0.5) is 5.69 Å². The summed E-state index contributed by atoms with van der Waals surface area (Å²) in [4.78, 5) is 0. The zero-order valence-electron chi connectivity index (χ0n) is 12.8. The third-order valence-electron chi connectivity index (χ3n) is 3.62. The Labute approximate surface area is 121 Å². The van der Waals surface area contributed by atoms with Gasteiger partial charge in [0.15, 0.2) is 0 Å². The van der Waals surface area contributed by atoms with Crippen LogP contribution in [-0.2, 0) is 0 Å². The number of hydrogen-bond donors (Lipinski definition) is 1. The van der Waals surface area contributed by atoms with Gasteiger partial charge in [-0.3, -0.25) is 0 Å². The molecule has 2 aromatic carbocycles. The van der Waals surface area contributed by atoms with Crippen molar-refractivity contribution in [2.45, 2.75) is 27.7 Å². The van der Waals surface area contributed by atoms with Gasteiger partial charge in [-0.2, -0.15) is 0 Å². The van der Waals surface area contributed by atoms with Gasteiger partial charge in [0.05, 0.1) is 0 Å². The molecule has 0 aliphatic rings. The molecule has 20 heavy (non-hydrogen) atoms. The molecule has 0 fully saturated rings. The van der Waals surface area contributed by atoms with Gasteiger partial charge >= 0.3 is 0 Å². The average Bonchev–Trinajstić information content (AvgIpc) is 2.43. The largest absolute Gasteiger partial charge is 0.491 e. The highest BCUT2D eigenvalue weighted by atomic mass is 16.5. The lowest BCUT2D eigenvalue weighted by atomic mass is 10.1. The molecule has 0 saturated carbocycles. The molecule has 0 atom stereocenters. The Bertz CT molecular complexity index is 586. The molecule has 2 rings (SSSR count). The van der Waals surface area contributed by atoms with E-state index in [1.165, 1.54) is 27.9 Å². The summed E-state index contributed by atoms with van der Waals surface area (Å²) >= 11 is 0. The van der Waals surface area contributed by atoms with Crippen LogP contribution in [0.2, 0.25) is 0 Å². The summed E-state index contributed by atoms with van der Waals surface area (Å²) in [5.41, 5.74) is 6.22. The Morgan fingerprint density at radius 2 is 1.75 bits per heavy atom. The zero-order valence-corrected chi connectivity index (χ0v) is 12.8. The lowest BCUT2D eigenvalue weighted by Gasteiger charge is -2.13. The van der Waals surface area contributed by atoms with Crippen molar-refractivity contribution in [3.05, 3.63) is 58.7 Å². The first-order chi connectivity index (χ1) is 9.58. The first kappa shape index (κ1) is 14.4. The highest BCUT2D eigenvalue weighted by molar-refractivity contribution is 5.53. The van der Waals surface area contributed by atoms with Gasteiger partial charge < -0.3 is 10.1 Å². The van der Waals surface area contributed by atoms with Crippen LogP contribution in [0.3, 0.4) is 0 Å². The van der Waals surface area contributed by atoms with Crippen molar-refractivity contribution >= 4 is 5.69 Å². The smallest absolute Gasteiger partial charge is 0.122 e. The molecule has 0 radical (unpaired) electrons. The molecule has 0 aliphatic heterocycles. The summed E-state index contributed by atoms with van der Waals surface area (Å²) in [7, 11) is 0. The minimum Gasteiger partial charge on any atom is -0.491 e. The van der Waals surface area contributed by atoms with Crippen LogP contribution in [-0.4, -0.2) is 13.2 Å². The highest BCUT2D eigenvalue weighted by Crippen LogP contribution is 2.20. The van der Waals surface area contributed by atoms with E-state index in [2.05, 4.69) is 69.4 Å². The molecule has 0 saturated heterocycles. The van der Waals surface area contributed by atoms with Crippen LogP contribution in [0.25, 0.3) is 0 Å². The molecule has 0 aliphatic carbocycles. The maximum absolute atomic E-state index is 5.85. The number of anilines is 1. The number of rotatable bonds is 5. The van der Waals surface area contributed by atoms with Crippen molar-refractivity contribution in [3.8, 4) is 5.75 Å². The van der Waals surface area contributed by atoms with Gasteiger partial charge in [-0.05, 0) is 62.1 Å². The van der Waals surface area contributed by atoms with Gasteiger partial charge in [0, 0.05) is 12.2 Å². The Balaban J connectivity index is 1.88. The van der Waals surface area contributed by atoms with Crippen molar-refractivity contribution in [1.82, 2.24) is 0 Å². The summed E-state index contributed by atoms with van der Waals surface area (Å²) in [6.45, 7) is 9.90. The van der Waals surface area contributed by atoms with Crippen LogP contribution in [0.15, 0.2) is 36.4 Å². The minimum absolute atomic E-state index is 0.664. The van der Waals surface area contributed by atoms with E-state index in [0.717, 1.165) is 12.3 Å². The molecule has 2 nitrogen and oxygen atoms in total. The van der Waals surface area contributed by atoms with Crippen LogP contribution >= 0.6 is 0 Å². The van der Waals surface area contributed by atoms with E-state index >= 15 is 0 Å². The second-order valence-corrected chi connectivity index (χ2v) is 5.29. The standard InChI is InChI=1S/C18H23NO/c1-13-8-9-15(3)18(12-13)20-11-10-19-17-7-5-6-14(2)16(17)4/h5-9,12,19H,10-11H2,1-4H3. The molecule has 0 heterocycles. The quantitative estimate of drug-likeness (QED) is 0.812. The first-order valence-electron chi connectivity index (χ1n) is 7.08.